The molecule has 164 valence electrons. The number of esters is 1. The molecule has 0 saturated carbocycles. The molecule has 0 saturated heterocycles. The van der Waals surface area contributed by atoms with E-state index in [0.717, 1.165) is 12.0 Å². The minimum atomic E-state index is -1.05. The largest absolute Gasteiger partial charge is 0.480 e. The van der Waals surface area contributed by atoms with Gasteiger partial charge in [0.15, 0.2) is 0 Å². The molecule has 0 aliphatic rings. The Labute approximate surface area is 172 Å². The number of methoxy groups -OCH3 is 1. The molecule has 0 fully saturated rings. The standard InChI is InChI=1S/C14H19NO4.C7H15NO2/c1-10(2)8-12(13(16)17)15-14(18)19-9-11-6-4-3-5-7-11;1-4-5(2)6(8)7(9)10-3/h3-7,10,12H,8-9H2,1-2H3,(H,15,18)(H,16,17);5-6H,4,8H2,1-3H3/t12-;5-,6-/m00/s1. The van der Waals surface area contributed by atoms with Crippen molar-refractivity contribution in [1.29, 1.82) is 0 Å². The van der Waals surface area contributed by atoms with Crippen molar-refractivity contribution in [3.63, 3.8) is 0 Å². The summed E-state index contributed by atoms with van der Waals surface area (Å²) in [4.78, 5) is 33.3. The Bertz CT molecular complexity index is 621. The van der Waals surface area contributed by atoms with E-state index in [4.69, 9.17) is 15.6 Å². The normalized spacial score (nSPS) is 13.3. The molecule has 0 aliphatic heterocycles. The van der Waals surface area contributed by atoms with E-state index in [1.165, 1.54) is 7.11 Å². The first kappa shape index (κ1) is 26.4. The highest BCUT2D eigenvalue weighted by molar-refractivity contribution is 5.79. The van der Waals surface area contributed by atoms with Crippen molar-refractivity contribution in [2.75, 3.05) is 7.11 Å². The number of alkyl carbamates (subject to hydrolysis) is 1. The van der Waals surface area contributed by atoms with Crippen molar-refractivity contribution in [3.8, 4) is 0 Å². The third-order valence-corrected chi connectivity index (χ3v) is 4.24. The number of ether oxygens (including phenoxy) is 2. The number of hydrogen-bond acceptors (Lipinski definition) is 6. The predicted octanol–water partition coefficient (Wildman–Crippen LogP) is 2.94. The lowest BCUT2D eigenvalue weighted by molar-refractivity contribution is -0.143. The van der Waals surface area contributed by atoms with E-state index in [-0.39, 0.29) is 24.4 Å². The Morgan fingerprint density at radius 1 is 1.14 bits per heavy atom. The van der Waals surface area contributed by atoms with Gasteiger partial charge in [0.1, 0.15) is 18.7 Å². The summed E-state index contributed by atoms with van der Waals surface area (Å²) in [7, 11) is 1.35. The average molecular weight is 411 g/mol. The monoisotopic (exact) mass is 410 g/mol. The maximum absolute atomic E-state index is 11.5. The molecule has 8 nitrogen and oxygen atoms in total. The fourth-order valence-electron chi connectivity index (χ4n) is 2.22. The fraction of sp³-hybridized carbons (Fsp3) is 0.571. The van der Waals surface area contributed by atoms with Crippen LogP contribution in [0.3, 0.4) is 0 Å². The molecular formula is C21H34N2O6. The molecule has 29 heavy (non-hydrogen) atoms. The van der Waals surface area contributed by atoms with Crippen molar-refractivity contribution in [3.05, 3.63) is 35.9 Å². The van der Waals surface area contributed by atoms with E-state index in [1.54, 1.807) is 0 Å². The molecule has 1 aromatic carbocycles. The lowest BCUT2D eigenvalue weighted by atomic mass is 10.0. The third kappa shape index (κ3) is 11.7. The number of aliphatic carboxylic acids is 1. The molecule has 1 amide bonds. The van der Waals surface area contributed by atoms with Gasteiger partial charge in [0.2, 0.25) is 0 Å². The summed E-state index contributed by atoms with van der Waals surface area (Å²) >= 11 is 0. The number of rotatable bonds is 9. The zero-order chi connectivity index (χ0) is 22.4. The summed E-state index contributed by atoms with van der Waals surface area (Å²) in [6.07, 6.45) is 0.559. The minimum absolute atomic E-state index is 0.126. The van der Waals surface area contributed by atoms with Crippen LogP contribution in [0.15, 0.2) is 30.3 Å². The van der Waals surface area contributed by atoms with Crippen molar-refractivity contribution in [1.82, 2.24) is 5.32 Å². The number of carbonyl (C=O) groups is 3. The molecule has 0 aliphatic carbocycles. The first-order valence-electron chi connectivity index (χ1n) is 9.65. The van der Waals surface area contributed by atoms with Crippen LogP contribution in [-0.2, 0) is 25.7 Å². The predicted molar refractivity (Wildman–Crippen MR) is 110 cm³/mol. The molecule has 1 aromatic rings. The zero-order valence-corrected chi connectivity index (χ0v) is 17.9. The average Bonchev–Trinajstić information content (AvgIpc) is 2.70. The second-order valence-corrected chi connectivity index (χ2v) is 7.16. The summed E-state index contributed by atoms with van der Waals surface area (Å²) in [5, 5.41) is 11.3. The summed E-state index contributed by atoms with van der Waals surface area (Å²) in [6.45, 7) is 7.84. The molecule has 0 spiro atoms. The van der Waals surface area contributed by atoms with Crippen LogP contribution in [0.2, 0.25) is 0 Å². The van der Waals surface area contributed by atoms with Crippen molar-refractivity contribution < 1.29 is 29.0 Å². The maximum Gasteiger partial charge on any atom is 0.408 e. The molecule has 0 aromatic heterocycles. The lowest BCUT2D eigenvalue weighted by Gasteiger charge is -2.16. The van der Waals surface area contributed by atoms with Crippen LogP contribution in [-0.4, -0.2) is 42.3 Å². The van der Waals surface area contributed by atoms with Crippen molar-refractivity contribution >= 4 is 18.0 Å². The molecule has 3 atom stereocenters. The van der Waals surface area contributed by atoms with Crippen LogP contribution >= 0.6 is 0 Å². The number of nitrogens with one attached hydrogen (secondary N) is 1. The van der Waals surface area contributed by atoms with E-state index in [9.17, 15) is 14.4 Å². The number of carboxylic acids is 1. The van der Waals surface area contributed by atoms with Gasteiger partial charge < -0.3 is 25.6 Å². The van der Waals surface area contributed by atoms with Gasteiger partial charge in [0.05, 0.1) is 7.11 Å². The maximum atomic E-state index is 11.5. The Morgan fingerprint density at radius 3 is 2.17 bits per heavy atom. The summed E-state index contributed by atoms with van der Waals surface area (Å²) < 4.78 is 9.45. The SMILES string of the molecule is CC(C)C[C@H](NC(=O)OCc1ccccc1)C(=O)O.CC[C@H](C)[C@H](N)C(=O)OC. The molecule has 8 heteroatoms. The first-order chi connectivity index (χ1) is 13.6. The Morgan fingerprint density at radius 2 is 1.72 bits per heavy atom. The zero-order valence-electron chi connectivity index (χ0n) is 17.9. The molecule has 1 rings (SSSR count). The van der Waals surface area contributed by atoms with Gasteiger partial charge in [0, 0.05) is 0 Å². The number of benzene rings is 1. The summed E-state index contributed by atoms with van der Waals surface area (Å²) in [5.41, 5.74) is 6.36. The quantitative estimate of drug-likeness (QED) is 0.534. The number of hydrogen-bond donors (Lipinski definition) is 3. The van der Waals surface area contributed by atoms with Crippen molar-refractivity contribution in [2.24, 2.45) is 17.6 Å². The Balaban J connectivity index is 0.000000665. The smallest absolute Gasteiger partial charge is 0.408 e. The van der Waals surface area contributed by atoms with Crippen LogP contribution in [0, 0.1) is 11.8 Å². The third-order valence-electron chi connectivity index (χ3n) is 4.24. The van der Waals surface area contributed by atoms with E-state index in [1.807, 2.05) is 58.0 Å². The van der Waals surface area contributed by atoms with Gasteiger partial charge in [-0.05, 0) is 23.8 Å². The van der Waals surface area contributed by atoms with Crippen LogP contribution in [0.4, 0.5) is 4.79 Å². The first-order valence-corrected chi connectivity index (χ1v) is 9.65. The van der Waals surface area contributed by atoms with Crippen LogP contribution in [0.1, 0.15) is 46.1 Å². The van der Waals surface area contributed by atoms with Gasteiger partial charge in [-0.1, -0.05) is 64.4 Å². The fourth-order valence-corrected chi connectivity index (χ4v) is 2.22. The van der Waals surface area contributed by atoms with Gasteiger partial charge in [-0.2, -0.15) is 0 Å². The van der Waals surface area contributed by atoms with E-state index >= 15 is 0 Å². The number of nitrogens with two attached hydrogens (primary N) is 1. The van der Waals surface area contributed by atoms with E-state index in [0.29, 0.717) is 6.42 Å². The van der Waals surface area contributed by atoms with Crippen LogP contribution < -0.4 is 11.1 Å². The molecular weight excluding hydrogens is 376 g/mol. The highest BCUT2D eigenvalue weighted by atomic mass is 16.5. The number of carbonyl (C=O) groups excluding carboxylic acids is 2. The topological polar surface area (TPSA) is 128 Å². The van der Waals surface area contributed by atoms with Crippen molar-refractivity contribution in [2.45, 2.75) is 59.2 Å². The molecule has 0 unspecified atom stereocenters. The Kier molecular flexibility index (Phi) is 13.1. The minimum Gasteiger partial charge on any atom is -0.480 e. The van der Waals surface area contributed by atoms with E-state index in [2.05, 4.69) is 10.1 Å². The molecule has 0 heterocycles. The second kappa shape index (κ2) is 14.4. The van der Waals surface area contributed by atoms with Crippen LogP contribution in [0.5, 0.6) is 0 Å². The van der Waals surface area contributed by atoms with Gasteiger partial charge in [0.25, 0.3) is 0 Å². The summed E-state index contributed by atoms with van der Waals surface area (Å²) in [6, 6.07) is 7.84. The number of amides is 1. The second-order valence-electron chi connectivity index (χ2n) is 7.16. The van der Waals surface area contributed by atoms with Gasteiger partial charge in [-0.3, -0.25) is 4.79 Å². The highest BCUT2D eigenvalue weighted by Gasteiger charge is 2.21. The van der Waals surface area contributed by atoms with E-state index < -0.39 is 24.1 Å². The van der Waals surface area contributed by atoms with Crippen LogP contribution in [0.25, 0.3) is 0 Å². The van der Waals surface area contributed by atoms with Gasteiger partial charge >= 0.3 is 18.0 Å². The Hall–Kier alpha value is -2.61. The summed E-state index contributed by atoms with van der Waals surface area (Å²) in [5.74, 6) is -0.998. The molecule has 0 bridgehead atoms. The number of carboxylic acid groups (broad SMARTS) is 1. The molecule has 0 radical (unpaired) electrons. The lowest BCUT2D eigenvalue weighted by Crippen LogP contribution is -2.41. The highest BCUT2D eigenvalue weighted by Crippen LogP contribution is 2.07. The molecule has 4 N–H and O–H groups in total. The van der Waals surface area contributed by atoms with Gasteiger partial charge in [-0.25, -0.2) is 9.59 Å². The van der Waals surface area contributed by atoms with Gasteiger partial charge in [-0.15, -0.1) is 0 Å².